The Kier molecular flexibility index (Phi) is 11.3. The molecule has 4 amide bonds. The second-order valence-electron chi connectivity index (χ2n) is 8.77. The van der Waals surface area contributed by atoms with Crippen LogP contribution in [0.25, 0.3) is 0 Å². The van der Waals surface area contributed by atoms with E-state index in [4.69, 9.17) is 16.9 Å². The highest BCUT2D eigenvalue weighted by Gasteiger charge is 2.37. The molecule has 0 aliphatic heterocycles. The highest BCUT2D eigenvalue weighted by Crippen LogP contribution is 2.26. The van der Waals surface area contributed by atoms with E-state index in [9.17, 15) is 24.4 Å². The Morgan fingerprint density at radius 3 is 2.43 bits per heavy atom. The molecule has 0 saturated heterocycles. The Labute approximate surface area is 206 Å². The minimum absolute atomic E-state index is 0.322. The smallest absolute Gasteiger partial charge is 0.408 e. The molecule has 2 atom stereocenters. The maximum atomic E-state index is 13.6. The molecular formula is C25H33N5O5. The molecule has 0 aliphatic rings. The summed E-state index contributed by atoms with van der Waals surface area (Å²) in [7, 11) is 0. The number of rotatable bonds is 11. The molecule has 10 heteroatoms. The van der Waals surface area contributed by atoms with Crippen LogP contribution in [0.15, 0.2) is 24.3 Å². The maximum absolute atomic E-state index is 13.6. The third-order valence-electron chi connectivity index (χ3n) is 4.72. The summed E-state index contributed by atoms with van der Waals surface area (Å²) in [5.74, 6) is 0.200. The lowest BCUT2D eigenvalue weighted by atomic mass is 9.97. The Morgan fingerprint density at radius 2 is 1.89 bits per heavy atom. The van der Waals surface area contributed by atoms with Crippen LogP contribution in [0, 0.1) is 23.7 Å². The van der Waals surface area contributed by atoms with Crippen LogP contribution in [-0.4, -0.2) is 53.4 Å². The summed E-state index contributed by atoms with van der Waals surface area (Å²) in [6, 6.07) is 5.63. The lowest BCUT2D eigenvalue weighted by Gasteiger charge is -2.33. The van der Waals surface area contributed by atoms with Gasteiger partial charge in [-0.2, -0.15) is 5.26 Å². The number of amides is 4. The van der Waals surface area contributed by atoms with Gasteiger partial charge in [0.15, 0.2) is 0 Å². The van der Waals surface area contributed by atoms with Crippen LogP contribution in [-0.2, 0) is 19.1 Å². The number of carbonyl (C=O) groups excluding carboxylic acids is 4. The van der Waals surface area contributed by atoms with Crippen LogP contribution in [0.2, 0.25) is 0 Å². The molecule has 0 aromatic heterocycles. The first kappa shape index (κ1) is 29.0. The molecule has 0 fully saturated rings. The monoisotopic (exact) mass is 483 g/mol. The van der Waals surface area contributed by atoms with E-state index in [0.717, 1.165) is 11.3 Å². The fourth-order valence-corrected chi connectivity index (χ4v) is 3.23. The summed E-state index contributed by atoms with van der Waals surface area (Å²) in [5.41, 5.74) is 5.11. The van der Waals surface area contributed by atoms with E-state index in [1.807, 2.05) is 13.0 Å². The molecule has 0 spiro atoms. The van der Waals surface area contributed by atoms with Gasteiger partial charge < -0.3 is 26.0 Å². The van der Waals surface area contributed by atoms with Crippen molar-refractivity contribution >= 4 is 23.8 Å². The predicted octanol–water partition coefficient (Wildman–Crippen LogP) is 1.75. The highest BCUT2D eigenvalue weighted by molar-refractivity contribution is 5.95. The number of nitriles is 1. The molecule has 0 saturated carbocycles. The van der Waals surface area contributed by atoms with Crippen molar-refractivity contribution in [2.45, 2.75) is 64.6 Å². The van der Waals surface area contributed by atoms with Crippen molar-refractivity contribution in [1.29, 1.82) is 5.26 Å². The van der Waals surface area contributed by atoms with Gasteiger partial charge >= 0.3 is 6.09 Å². The van der Waals surface area contributed by atoms with Crippen LogP contribution < -0.4 is 16.4 Å². The molecule has 1 rings (SSSR count). The third-order valence-corrected chi connectivity index (χ3v) is 4.72. The van der Waals surface area contributed by atoms with Crippen LogP contribution in [0.1, 0.15) is 64.1 Å². The number of nitrogens with zero attached hydrogens (tertiary/aromatic N) is 2. The summed E-state index contributed by atoms with van der Waals surface area (Å²) in [4.78, 5) is 51.9. The number of ether oxygens (including phenoxy) is 1. The molecule has 0 aliphatic carbocycles. The fraction of sp³-hybridized carbons (Fsp3) is 0.480. The van der Waals surface area contributed by atoms with Crippen LogP contribution in [0.4, 0.5) is 4.79 Å². The number of terminal acetylenes is 1. The summed E-state index contributed by atoms with van der Waals surface area (Å²) in [5, 5.41) is 14.6. The van der Waals surface area contributed by atoms with Gasteiger partial charge in [0.2, 0.25) is 17.7 Å². The predicted molar refractivity (Wildman–Crippen MR) is 129 cm³/mol. The Hall–Kier alpha value is -4.05. The number of nitrogens with one attached hydrogen (secondary N) is 2. The van der Waals surface area contributed by atoms with Crippen LogP contribution in [0.5, 0.6) is 0 Å². The number of hydrogen-bond donors (Lipinski definition) is 3. The molecule has 1 aromatic carbocycles. The summed E-state index contributed by atoms with van der Waals surface area (Å²) in [6.07, 6.45) is 5.63. The number of alkyl carbamates (subject to hydrolysis) is 1. The van der Waals surface area contributed by atoms with E-state index in [-0.39, 0.29) is 0 Å². The van der Waals surface area contributed by atoms with Crippen molar-refractivity contribution in [3.8, 4) is 18.4 Å². The molecule has 2 unspecified atom stereocenters. The zero-order valence-electron chi connectivity index (χ0n) is 20.6. The normalized spacial score (nSPS) is 12.3. The lowest BCUT2D eigenvalue weighted by molar-refractivity contribution is -0.142. The van der Waals surface area contributed by atoms with E-state index in [1.165, 1.54) is 0 Å². The summed E-state index contributed by atoms with van der Waals surface area (Å²) >= 11 is 0. The first-order chi connectivity index (χ1) is 16.4. The molecule has 0 radical (unpaired) electrons. The number of unbranched alkanes of at least 4 members (excludes halogenated alkanes) is 1. The van der Waals surface area contributed by atoms with E-state index >= 15 is 0 Å². The average Bonchev–Trinajstić information content (AvgIpc) is 2.76. The standard InChI is InChI=1S/C25H33N5O5/c1-6-8-14-28-22(32)21(18-12-10-9-11-17(18)7-2)30(15-13-26)23(33)19(16-20(27)31)29-24(34)35-25(3,4)5/h2,9-12,19,21H,6,8,14-16H2,1,3-5H3,(H2,27,31)(H,28,32)(H,29,34). The zero-order valence-corrected chi connectivity index (χ0v) is 20.6. The summed E-state index contributed by atoms with van der Waals surface area (Å²) < 4.78 is 5.19. The van der Waals surface area contributed by atoms with E-state index in [1.54, 1.807) is 45.0 Å². The number of nitrogens with two attached hydrogens (primary N) is 1. The van der Waals surface area contributed by atoms with Crippen molar-refractivity contribution in [1.82, 2.24) is 15.5 Å². The number of benzene rings is 1. The van der Waals surface area contributed by atoms with Gasteiger partial charge in [0, 0.05) is 12.1 Å². The van der Waals surface area contributed by atoms with Crippen molar-refractivity contribution in [2.24, 2.45) is 5.73 Å². The minimum atomic E-state index is -1.47. The number of carbonyl (C=O) groups is 4. The van der Waals surface area contributed by atoms with Gasteiger partial charge in [-0.25, -0.2) is 4.79 Å². The van der Waals surface area contributed by atoms with Gasteiger partial charge in [0.1, 0.15) is 24.2 Å². The summed E-state index contributed by atoms with van der Waals surface area (Å²) in [6.45, 7) is 6.68. The molecular weight excluding hydrogens is 450 g/mol. The quantitative estimate of drug-likeness (QED) is 0.247. The Bertz CT molecular complexity index is 1000. The van der Waals surface area contributed by atoms with E-state index in [0.29, 0.717) is 24.1 Å². The van der Waals surface area contributed by atoms with Gasteiger partial charge in [-0.15, -0.1) is 6.42 Å². The molecule has 35 heavy (non-hydrogen) atoms. The van der Waals surface area contributed by atoms with Crippen molar-refractivity contribution in [2.75, 3.05) is 13.1 Å². The molecule has 0 bridgehead atoms. The minimum Gasteiger partial charge on any atom is -0.444 e. The Balaban J connectivity index is 3.49. The van der Waals surface area contributed by atoms with Crippen molar-refractivity contribution in [3.63, 3.8) is 0 Å². The molecule has 0 heterocycles. The van der Waals surface area contributed by atoms with Crippen molar-refractivity contribution in [3.05, 3.63) is 35.4 Å². The van der Waals surface area contributed by atoms with Gasteiger partial charge in [0.05, 0.1) is 12.5 Å². The second-order valence-corrected chi connectivity index (χ2v) is 8.77. The first-order valence-electron chi connectivity index (χ1n) is 11.2. The van der Waals surface area contributed by atoms with Gasteiger partial charge in [0.25, 0.3) is 0 Å². The zero-order chi connectivity index (χ0) is 26.6. The molecule has 188 valence electrons. The number of hydrogen-bond acceptors (Lipinski definition) is 6. The average molecular weight is 484 g/mol. The van der Waals surface area contributed by atoms with Crippen LogP contribution in [0.3, 0.4) is 0 Å². The second kappa shape index (κ2) is 13.6. The van der Waals surface area contributed by atoms with Gasteiger partial charge in [-0.05, 0) is 38.8 Å². The van der Waals surface area contributed by atoms with Crippen LogP contribution >= 0.6 is 0 Å². The molecule has 1 aromatic rings. The topological polar surface area (TPSA) is 155 Å². The SMILES string of the molecule is C#Cc1ccccc1C(C(=O)NCCCC)N(CC#N)C(=O)C(CC(N)=O)NC(=O)OC(C)(C)C. The van der Waals surface area contributed by atoms with Gasteiger partial charge in [-0.3, -0.25) is 14.4 Å². The molecule has 4 N–H and O–H groups in total. The van der Waals surface area contributed by atoms with Gasteiger partial charge in [-0.1, -0.05) is 37.5 Å². The third kappa shape index (κ3) is 9.38. The van der Waals surface area contributed by atoms with E-state index in [2.05, 4.69) is 16.6 Å². The number of primary amides is 1. The molecule has 10 nitrogen and oxygen atoms in total. The Morgan fingerprint density at radius 1 is 1.23 bits per heavy atom. The van der Waals surface area contributed by atoms with E-state index < -0.39 is 54.5 Å². The lowest BCUT2D eigenvalue weighted by Crippen LogP contribution is -2.54. The first-order valence-corrected chi connectivity index (χ1v) is 11.2. The fourth-order valence-electron chi connectivity index (χ4n) is 3.23. The maximum Gasteiger partial charge on any atom is 0.408 e. The van der Waals surface area contributed by atoms with Crippen molar-refractivity contribution < 1.29 is 23.9 Å². The largest absolute Gasteiger partial charge is 0.444 e. The highest BCUT2D eigenvalue weighted by atomic mass is 16.6.